The summed E-state index contributed by atoms with van der Waals surface area (Å²) < 4.78 is 28.8. The van der Waals surface area contributed by atoms with Gasteiger partial charge in [-0.25, -0.2) is 0 Å². The summed E-state index contributed by atoms with van der Waals surface area (Å²) in [5.41, 5.74) is 1.18. The van der Waals surface area contributed by atoms with Gasteiger partial charge in [0.05, 0.1) is 0 Å². The highest BCUT2D eigenvalue weighted by atomic mass is 32.2. The molecule has 0 aliphatic carbocycles. The van der Waals surface area contributed by atoms with Crippen LogP contribution in [0.2, 0.25) is 0 Å². The van der Waals surface area contributed by atoms with E-state index in [2.05, 4.69) is 16.1 Å². The first-order valence-corrected chi connectivity index (χ1v) is 8.18. The number of hydrogen-bond acceptors (Lipinski definition) is 3. The fraction of sp³-hybridized carbons (Fsp3) is 0.833. The zero-order chi connectivity index (χ0) is 13.0. The van der Waals surface area contributed by atoms with E-state index in [1.54, 1.807) is 4.31 Å². The molecule has 2 aliphatic rings. The van der Waals surface area contributed by atoms with Gasteiger partial charge in [0, 0.05) is 25.7 Å². The van der Waals surface area contributed by atoms with Crippen molar-refractivity contribution in [3.8, 4) is 0 Å². The Hall–Kier alpha value is -0.430. The third-order valence-electron chi connectivity index (χ3n) is 3.69. The van der Waals surface area contributed by atoms with Gasteiger partial charge in [-0.3, -0.25) is 0 Å². The molecule has 2 rings (SSSR count). The van der Waals surface area contributed by atoms with Crippen molar-refractivity contribution in [2.75, 3.05) is 26.2 Å². The standard InChI is InChI=1S/C12H23N3O2S/c1-11-4-2-3-9-15(11)18(16,17)14-10-12-5-7-13-8-6-12/h5,11,13-14H,2-4,6-10H2,1H3. The van der Waals surface area contributed by atoms with E-state index in [0.29, 0.717) is 13.1 Å². The van der Waals surface area contributed by atoms with E-state index in [1.165, 1.54) is 5.57 Å². The summed E-state index contributed by atoms with van der Waals surface area (Å²) in [5.74, 6) is 0. The highest BCUT2D eigenvalue weighted by Crippen LogP contribution is 2.19. The molecule has 0 aromatic rings. The highest BCUT2D eigenvalue weighted by Gasteiger charge is 2.29. The molecule has 1 fully saturated rings. The molecule has 2 heterocycles. The average Bonchev–Trinajstić information content (AvgIpc) is 2.38. The van der Waals surface area contributed by atoms with Crippen molar-refractivity contribution < 1.29 is 8.42 Å². The molecule has 104 valence electrons. The first-order chi connectivity index (χ1) is 8.59. The molecule has 1 atom stereocenters. The van der Waals surface area contributed by atoms with Gasteiger partial charge in [0.2, 0.25) is 0 Å². The summed E-state index contributed by atoms with van der Waals surface area (Å²) in [6, 6.07) is 0.123. The Labute approximate surface area is 110 Å². The molecular formula is C12H23N3O2S. The largest absolute Gasteiger partial charge is 0.313 e. The van der Waals surface area contributed by atoms with Crippen molar-refractivity contribution in [2.45, 2.75) is 38.6 Å². The van der Waals surface area contributed by atoms with Crippen LogP contribution in [0.25, 0.3) is 0 Å². The molecule has 0 aromatic heterocycles. The fourth-order valence-corrected chi connectivity index (χ4v) is 4.01. The van der Waals surface area contributed by atoms with Crippen LogP contribution in [-0.4, -0.2) is 44.9 Å². The molecule has 1 unspecified atom stereocenters. The van der Waals surface area contributed by atoms with Crippen LogP contribution in [0.1, 0.15) is 32.6 Å². The second kappa shape index (κ2) is 6.14. The second-order valence-electron chi connectivity index (χ2n) is 5.10. The molecule has 0 aromatic carbocycles. The third kappa shape index (κ3) is 3.54. The topological polar surface area (TPSA) is 61.4 Å². The molecule has 1 saturated heterocycles. The predicted octanol–water partition coefficient (Wildman–Crippen LogP) is 0.615. The monoisotopic (exact) mass is 273 g/mol. The van der Waals surface area contributed by atoms with E-state index < -0.39 is 10.2 Å². The first-order valence-electron chi connectivity index (χ1n) is 6.74. The summed E-state index contributed by atoms with van der Waals surface area (Å²) in [6.45, 7) is 4.87. The molecule has 0 radical (unpaired) electrons. The van der Waals surface area contributed by atoms with Crippen LogP contribution in [0.4, 0.5) is 0 Å². The van der Waals surface area contributed by atoms with Crippen LogP contribution in [-0.2, 0) is 10.2 Å². The van der Waals surface area contributed by atoms with Crippen molar-refractivity contribution in [2.24, 2.45) is 0 Å². The maximum absolute atomic E-state index is 12.2. The lowest BCUT2D eigenvalue weighted by Crippen LogP contribution is -2.48. The van der Waals surface area contributed by atoms with E-state index >= 15 is 0 Å². The smallest absolute Gasteiger partial charge is 0.279 e. The maximum Gasteiger partial charge on any atom is 0.279 e. The Morgan fingerprint density at radius 3 is 3.00 bits per heavy atom. The average molecular weight is 273 g/mol. The normalized spacial score (nSPS) is 26.9. The molecule has 18 heavy (non-hydrogen) atoms. The Morgan fingerprint density at radius 2 is 2.33 bits per heavy atom. The Morgan fingerprint density at radius 1 is 1.50 bits per heavy atom. The summed E-state index contributed by atoms with van der Waals surface area (Å²) in [6.07, 6.45) is 6.07. The number of nitrogens with one attached hydrogen (secondary N) is 2. The molecule has 6 heteroatoms. The van der Waals surface area contributed by atoms with E-state index in [4.69, 9.17) is 0 Å². The van der Waals surface area contributed by atoms with Gasteiger partial charge in [0.1, 0.15) is 0 Å². The third-order valence-corrected chi connectivity index (χ3v) is 5.36. The Bertz CT molecular complexity index is 406. The minimum atomic E-state index is -3.31. The van der Waals surface area contributed by atoms with Gasteiger partial charge in [0.15, 0.2) is 0 Å². The molecule has 5 nitrogen and oxygen atoms in total. The molecule has 2 aliphatic heterocycles. The number of hydrogen-bond donors (Lipinski definition) is 2. The zero-order valence-electron chi connectivity index (χ0n) is 11.0. The van der Waals surface area contributed by atoms with Gasteiger partial charge in [-0.1, -0.05) is 18.1 Å². The number of nitrogens with zero attached hydrogens (tertiary/aromatic N) is 1. The van der Waals surface area contributed by atoms with Gasteiger partial charge < -0.3 is 5.32 Å². The number of piperidine rings is 1. The molecule has 0 saturated carbocycles. The Kier molecular flexibility index (Phi) is 4.77. The van der Waals surface area contributed by atoms with E-state index in [9.17, 15) is 8.42 Å². The van der Waals surface area contributed by atoms with Crippen molar-refractivity contribution in [1.82, 2.24) is 14.3 Å². The van der Waals surface area contributed by atoms with Gasteiger partial charge in [-0.05, 0) is 32.7 Å². The minimum absolute atomic E-state index is 0.123. The van der Waals surface area contributed by atoms with Crippen LogP contribution in [0.5, 0.6) is 0 Å². The maximum atomic E-state index is 12.2. The van der Waals surface area contributed by atoms with E-state index in [-0.39, 0.29) is 6.04 Å². The molecule has 2 N–H and O–H groups in total. The molecule has 0 spiro atoms. The van der Waals surface area contributed by atoms with Crippen molar-refractivity contribution in [3.63, 3.8) is 0 Å². The van der Waals surface area contributed by atoms with Crippen molar-refractivity contribution in [3.05, 3.63) is 11.6 Å². The molecule has 0 amide bonds. The first kappa shape index (κ1) is 14.0. The quantitative estimate of drug-likeness (QED) is 0.738. The van der Waals surface area contributed by atoms with Gasteiger partial charge >= 0.3 is 0 Å². The van der Waals surface area contributed by atoms with Crippen molar-refractivity contribution >= 4 is 10.2 Å². The van der Waals surface area contributed by atoms with Crippen molar-refractivity contribution in [1.29, 1.82) is 0 Å². The highest BCUT2D eigenvalue weighted by molar-refractivity contribution is 7.87. The van der Waals surface area contributed by atoms with Gasteiger partial charge in [0.25, 0.3) is 10.2 Å². The van der Waals surface area contributed by atoms with E-state index in [0.717, 1.165) is 38.8 Å². The van der Waals surface area contributed by atoms with Gasteiger partial charge in [-0.2, -0.15) is 17.4 Å². The van der Waals surface area contributed by atoms with Crippen LogP contribution in [0.15, 0.2) is 11.6 Å². The SMILES string of the molecule is CC1CCCCN1S(=O)(=O)NCC1=CCNCC1. The van der Waals surface area contributed by atoms with Crippen LogP contribution in [0, 0.1) is 0 Å². The lowest BCUT2D eigenvalue weighted by Gasteiger charge is -2.32. The summed E-state index contributed by atoms with van der Waals surface area (Å²) in [5, 5.41) is 3.22. The number of rotatable bonds is 4. The van der Waals surface area contributed by atoms with E-state index in [1.807, 2.05) is 6.92 Å². The fourth-order valence-electron chi connectivity index (χ4n) is 2.53. The zero-order valence-corrected chi connectivity index (χ0v) is 11.8. The molecular weight excluding hydrogens is 250 g/mol. The second-order valence-corrected chi connectivity index (χ2v) is 6.81. The lowest BCUT2D eigenvalue weighted by atomic mass is 10.1. The van der Waals surface area contributed by atoms with Crippen LogP contribution >= 0.6 is 0 Å². The minimum Gasteiger partial charge on any atom is -0.313 e. The molecule has 0 bridgehead atoms. The summed E-state index contributed by atoms with van der Waals surface area (Å²) in [4.78, 5) is 0. The van der Waals surface area contributed by atoms with Crippen LogP contribution < -0.4 is 10.0 Å². The summed E-state index contributed by atoms with van der Waals surface area (Å²) in [7, 11) is -3.31. The van der Waals surface area contributed by atoms with Crippen LogP contribution in [0.3, 0.4) is 0 Å². The predicted molar refractivity (Wildman–Crippen MR) is 72.5 cm³/mol. The lowest BCUT2D eigenvalue weighted by molar-refractivity contribution is 0.266. The van der Waals surface area contributed by atoms with Gasteiger partial charge in [-0.15, -0.1) is 0 Å². The Balaban J connectivity index is 1.92. The summed E-state index contributed by atoms with van der Waals surface area (Å²) >= 11 is 0.